The van der Waals surface area contributed by atoms with E-state index in [4.69, 9.17) is 5.53 Å². The Morgan fingerprint density at radius 3 is 2.76 bits per heavy atom. The van der Waals surface area contributed by atoms with E-state index in [1.807, 2.05) is 6.92 Å². The minimum atomic E-state index is -0.453. The van der Waals surface area contributed by atoms with Crippen LogP contribution in [0.4, 0.5) is 5.69 Å². The Morgan fingerprint density at radius 2 is 2.19 bits per heavy atom. The quantitative estimate of drug-likeness (QED) is 0.273. The molecule has 1 saturated heterocycles. The van der Waals surface area contributed by atoms with Gasteiger partial charge in [-0.05, 0) is 23.9 Å². The molecule has 1 aromatic rings. The predicted molar refractivity (Wildman–Crippen MR) is 75.3 cm³/mol. The molecular weight excluding hydrogens is 274 g/mol. The Bertz CT molecular complexity index is 594. The summed E-state index contributed by atoms with van der Waals surface area (Å²) in [6.45, 7) is 2.73. The van der Waals surface area contributed by atoms with Crippen molar-refractivity contribution < 1.29 is 9.72 Å². The van der Waals surface area contributed by atoms with Gasteiger partial charge in [0.25, 0.3) is 5.69 Å². The van der Waals surface area contributed by atoms with E-state index in [-0.39, 0.29) is 23.6 Å². The van der Waals surface area contributed by atoms with E-state index in [1.165, 1.54) is 12.1 Å². The summed E-state index contributed by atoms with van der Waals surface area (Å²) in [5.41, 5.74) is 9.19. The first-order valence-corrected chi connectivity index (χ1v) is 6.57. The zero-order chi connectivity index (χ0) is 15.4. The monoisotopic (exact) mass is 289 g/mol. The van der Waals surface area contributed by atoms with E-state index >= 15 is 0 Å². The highest BCUT2D eigenvalue weighted by molar-refractivity contribution is 5.79. The van der Waals surface area contributed by atoms with E-state index < -0.39 is 4.92 Å². The van der Waals surface area contributed by atoms with Crippen LogP contribution in [-0.2, 0) is 4.79 Å². The first kappa shape index (κ1) is 14.8. The van der Waals surface area contributed by atoms with Crippen LogP contribution in [0.1, 0.15) is 24.9 Å². The molecule has 8 nitrogen and oxygen atoms in total. The van der Waals surface area contributed by atoms with Crippen LogP contribution in [0.3, 0.4) is 0 Å². The lowest BCUT2D eigenvalue weighted by Crippen LogP contribution is -2.28. The molecule has 0 bridgehead atoms. The number of nitro benzene ring substituents is 1. The van der Waals surface area contributed by atoms with Crippen LogP contribution >= 0.6 is 0 Å². The SMILES string of the molecule is C[C@@H](c1ccc([N+](=O)[O-])cc1)N1CC(CN=[N+]=[N-])CC1=O. The largest absolute Gasteiger partial charge is 0.336 e. The zero-order valence-corrected chi connectivity index (χ0v) is 11.5. The lowest BCUT2D eigenvalue weighted by Gasteiger charge is -2.25. The summed E-state index contributed by atoms with van der Waals surface area (Å²) in [6.07, 6.45) is 0.371. The van der Waals surface area contributed by atoms with Gasteiger partial charge in [-0.3, -0.25) is 14.9 Å². The molecule has 1 amide bonds. The predicted octanol–water partition coefficient (Wildman–Crippen LogP) is 2.81. The molecule has 0 aromatic heterocycles. The highest BCUT2D eigenvalue weighted by Crippen LogP contribution is 2.29. The van der Waals surface area contributed by atoms with Crippen LogP contribution in [0.2, 0.25) is 0 Å². The summed E-state index contributed by atoms with van der Waals surface area (Å²) in [7, 11) is 0. The lowest BCUT2D eigenvalue weighted by molar-refractivity contribution is -0.384. The van der Waals surface area contributed by atoms with Crippen molar-refractivity contribution in [3.8, 4) is 0 Å². The maximum absolute atomic E-state index is 12.0. The minimum Gasteiger partial charge on any atom is -0.336 e. The van der Waals surface area contributed by atoms with Gasteiger partial charge >= 0.3 is 0 Å². The van der Waals surface area contributed by atoms with Crippen LogP contribution in [0.25, 0.3) is 10.4 Å². The molecule has 0 radical (unpaired) electrons. The average Bonchev–Trinajstić information content (AvgIpc) is 2.85. The van der Waals surface area contributed by atoms with Gasteiger partial charge in [-0.25, -0.2) is 0 Å². The molecule has 2 atom stereocenters. The topological polar surface area (TPSA) is 112 Å². The van der Waals surface area contributed by atoms with Gasteiger partial charge in [0.2, 0.25) is 5.91 Å². The number of azide groups is 1. The van der Waals surface area contributed by atoms with Gasteiger partial charge in [0, 0.05) is 36.6 Å². The second-order valence-electron chi connectivity index (χ2n) is 5.05. The van der Waals surface area contributed by atoms with Gasteiger partial charge < -0.3 is 4.90 Å². The Balaban J connectivity index is 2.08. The van der Waals surface area contributed by atoms with E-state index in [1.54, 1.807) is 17.0 Å². The number of rotatable bonds is 5. The van der Waals surface area contributed by atoms with Crippen LogP contribution in [0.5, 0.6) is 0 Å². The van der Waals surface area contributed by atoms with Crippen molar-refractivity contribution in [3.05, 3.63) is 50.4 Å². The first-order valence-electron chi connectivity index (χ1n) is 6.57. The molecule has 0 saturated carbocycles. The molecule has 1 fully saturated rings. The number of likely N-dealkylation sites (tertiary alicyclic amines) is 1. The highest BCUT2D eigenvalue weighted by Gasteiger charge is 2.32. The Morgan fingerprint density at radius 1 is 1.52 bits per heavy atom. The van der Waals surface area contributed by atoms with Crippen molar-refractivity contribution in [2.24, 2.45) is 11.0 Å². The molecular formula is C13H15N5O3. The number of nitro groups is 1. The Hall–Kier alpha value is -2.60. The third-order valence-electron chi connectivity index (χ3n) is 3.70. The van der Waals surface area contributed by atoms with Gasteiger partial charge in [-0.2, -0.15) is 0 Å². The minimum absolute atomic E-state index is 0.0130. The highest BCUT2D eigenvalue weighted by atomic mass is 16.6. The molecule has 1 unspecified atom stereocenters. The van der Waals surface area contributed by atoms with Crippen molar-refractivity contribution in [1.29, 1.82) is 0 Å². The van der Waals surface area contributed by atoms with Crippen molar-refractivity contribution in [3.63, 3.8) is 0 Å². The molecule has 1 heterocycles. The number of amides is 1. The van der Waals surface area contributed by atoms with Gasteiger partial charge in [0.15, 0.2) is 0 Å². The second kappa shape index (κ2) is 6.23. The summed E-state index contributed by atoms with van der Waals surface area (Å²) in [5.74, 6) is 0.0490. The van der Waals surface area contributed by atoms with Crippen LogP contribution < -0.4 is 0 Å². The fourth-order valence-electron chi connectivity index (χ4n) is 2.51. The van der Waals surface area contributed by atoms with Gasteiger partial charge in [0.1, 0.15) is 0 Å². The molecule has 1 aliphatic heterocycles. The summed E-state index contributed by atoms with van der Waals surface area (Å²) < 4.78 is 0. The fourth-order valence-corrected chi connectivity index (χ4v) is 2.51. The number of hydrogen-bond acceptors (Lipinski definition) is 4. The maximum Gasteiger partial charge on any atom is 0.269 e. The third kappa shape index (κ3) is 3.29. The first-order chi connectivity index (χ1) is 10.0. The smallest absolute Gasteiger partial charge is 0.269 e. The summed E-state index contributed by atoms with van der Waals surface area (Å²) in [4.78, 5) is 26.6. The number of carbonyl (C=O) groups is 1. The lowest BCUT2D eigenvalue weighted by atomic mass is 10.1. The number of non-ortho nitro benzene ring substituents is 1. The van der Waals surface area contributed by atoms with Gasteiger partial charge in [-0.15, -0.1) is 0 Å². The number of hydrogen-bond donors (Lipinski definition) is 0. The third-order valence-corrected chi connectivity index (χ3v) is 3.70. The number of nitrogens with zero attached hydrogens (tertiary/aromatic N) is 5. The molecule has 0 N–H and O–H groups in total. The fraction of sp³-hybridized carbons (Fsp3) is 0.462. The van der Waals surface area contributed by atoms with Gasteiger partial charge in [0.05, 0.1) is 11.0 Å². The van der Waals surface area contributed by atoms with Gasteiger partial charge in [-0.1, -0.05) is 17.2 Å². The molecule has 1 aromatic carbocycles. The number of benzene rings is 1. The standard InChI is InChI=1S/C13H15N5O3/c1-9(11-2-4-12(5-3-11)18(20)21)17-8-10(6-13(17)19)7-15-16-14/h2-5,9-10H,6-8H2,1H3/t9-,10?/m0/s1. The number of carbonyl (C=O) groups excluding carboxylic acids is 1. The second-order valence-corrected chi connectivity index (χ2v) is 5.05. The average molecular weight is 289 g/mol. The van der Waals surface area contributed by atoms with Crippen molar-refractivity contribution in [2.75, 3.05) is 13.1 Å². The van der Waals surface area contributed by atoms with Crippen molar-refractivity contribution >= 4 is 11.6 Å². The normalized spacial score (nSPS) is 19.2. The molecule has 21 heavy (non-hydrogen) atoms. The summed E-state index contributed by atoms with van der Waals surface area (Å²) >= 11 is 0. The Labute approximate surface area is 121 Å². The molecule has 8 heteroatoms. The van der Waals surface area contributed by atoms with E-state index in [9.17, 15) is 14.9 Å². The zero-order valence-electron chi connectivity index (χ0n) is 11.5. The van der Waals surface area contributed by atoms with Crippen LogP contribution in [0.15, 0.2) is 29.4 Å². The molecule has 0 aliphatic carbocycles. The van der Waals surface area contributed by atoms with Crippen LogP contribution in [0, 0.1) is 16.0 Å². The maximum atomic E-state index is 12.0. The molecule has 1 aliphatic rings. The van der Waals surface area contributed by atoms with E-state index in [0.717, 1.165) is 5.56 Å². The van der Waals surface area contributed by atoms with Crippen molar-refractivity contribution in [2.45, 2.75) is 19.4 Å². The van der Waals surface area contributed by atoms with Crippen LogP contribution in [-0.4, -0.2) is 28.8 Å². The van der Waals surface area contributed by atoms with E-state index in [0.29, 0.717) is 19.5 Å². The van der Waals surface area contributed by atoms with Crippen molar-refractivity contribution in [1.82, 2.24) is 4.90 Å². The molecule has 0 spiro atoms. The summed E-state index contributed by atoms with van der Waals surface area (Å²) in [6, 6.07) is 6.04. The molecule has 2 rings (SSSR count). The summed E-state index contributed by atoms with van der Waals surface area (Å²) in [5, 5.41) is 14.1. The Kier molecular flexibility index (Phi) is 4.39. The van der Waals surface area contributed by atoms with E-state index in [2.05, 4.69) is 10.0 Å². The molecule has 110 valence electrons.